The standard InChI is InChI=1S/C23H22N4O3/c1-15-4-9-19(16(2)12-15)24-22(28)14-26-10-11-27-21(23(26)29)13-20(25-27)17-5-7-18(30-3)8-6-17/h4-13H,14H2,1-3H3,(H,24,28). The minimum atomic E-state index is -0.277. The Morgan fingerprint density at radius 3 is 2.53 bits per heavy atom. The Morgan fingerprint density at radius 2 is 1.83 bits per heavy atom. The molecule has 2 heterocycles. The first-order valence-corrected chi connectivity index (χ1v) is 9.55. The summed E-state index contributed by atoms with van der Waals surface area (Å²) >= 11 is 0. The Kier molecular flexibility index (Phi) is 5.10. The lowest BCUT2D eigenvalue weighted by molar-refractivity contribution is -0.116. The number of anilines is 1. The molecule has 0 aliphatic carbocycles. The average Bonchev–Trinajstić information content (AvgIpc) is 3.17. The van der Waals surface area contributed by atoms with Crippen LogP contribution in [0.25, 0.3) is 16.8 Å². The van der Waals surface area contributed by atoms with Crippen molar-refractivity contribution in [3.8, 4) is 17.0 Å². The second kappa shape index (κ2) is 7.87. The lowest BCUT2D eigenvalue weighted by atomic mass is 10.1. The van der Waals surface area contributed by atoms with Crippen LogP contribution >= 0.6 is 0 Å². The van der Waals surface area contributed by atoms with Crippen LogP contribution < -0.4 is 15.6 Å². The van der Waals surface area contributed by atoms with Crippen LogP contribution in [-0.4, -0.2) is 27.2 Å². The minimum absolute atomic E-state index is 0.0777. The summed E-state index contributed by atoms with van der Waals surface area (Å²) in [5, 5.41) is 7.34. The number of nitrogens with one attached hydrogen (secondary N) is 1. The molecule has 2 aromatic heterocycles. The predicted molar refractivity (Wildman–Crippen MR) is 116 cm³/mol. The zero-order chi connectivity index (χ0) is 21.3. The van der Waals surface area contributed by atoms with Gasteiger partial charge in [-0.25, -0.2) is 4.52 Å². The first kappa shape index (κ1) is 19.4. The molecule has 2 aromatic carbocycles. The summed E-state index contributed by atoms with van der Waals surface area (Å²) in [4.78, 5) is 25.4. The molecular formula is C23H22N4O3. The van der Waals surface area contributed by atoms with Crippen LogP contribution in [0.5, 0.6) is 5.75 Å². The molecule has 0 atom stereocenters. The van der Waals surface area contributed by atoms with E-state index in [0.717, 1.165) is 28.1 Å². The molecule has 0 bridgehead atoms. The molecular weight excluding hydrogens is 380 g/mol. The highest BCUT2D eigenvalue weighted by Crippen LogP contribution is 2.21. The molecule has 4 rings (SSSR count). The fraction of sp³-hybridized carbons (Fsp3) is 0.174. The summed E-state index contributed by atoms with van der Waals surface area (Å²) in [6.45, 7) is 3.86. The Hall–Kier alpha value is -3.87. The number of rotatable bonds is 5. The molecule has 1 amide bonds. The van der Waals surface area contributed by atoms with Crippen molar-refractivity contribution in [3.05, 3.63) is 82.4 Å². The number of nitrogens with zero attached hydrogens (tertiary/aromatic N) is 3. The number of aryl methyl sites for hydroxylation is 2. The Bertz CT molecular complexity index is 1290. The number of aromatic nitrogens is 3. The van der Waals surface area contributed by atoms with Gasteiger partial charge in [-0.3, -0.25) is 9.59 Å². The van der Waals surface area contributed by atoms with Crippen molar-refractivity contribution in [2.75, 3.05) is 12.4 Å². The third kappa shape index (κ3) is 3.82. The van der Waals surface area contributed by atoms with E-state index < -0.39 is 0 Å². The normalized spacial score (nSPS) is 10.9. The van der Waals surface area contributed by atoms with Gasteiger partial charge in [0.25, 0.3) is 5.56 Å². The fourth-order valence-electron chi connectivity index (χ4n) is 3.35. The summed E-state index contributed by atoms with van der Waals surface area (Å²) in [5.41, 5.74) is 4.52. The van der Waals surface area contributed by atoms with Crippen LogP contribution in [0.15, 0.2) is 65.7 Å². The molecule has 0 aliphatic heterocycles. The van der Waals surface area contributed by atoms with Crippen LogP contribution in [0.2, 0.25) is 0 Å². The molecule has 0 saturated carbocycles. The molecule has 152 valence electrons. The zero-order valence-electron chi connectivity index (χ0n) is 17.0. The monoisotopic (exact) mass is 402 g/mol. The molecule has 30 heavy (non-hydrogen) atoms. The maximum absolute atomic E-state index is 12.9. The van der Waals surface area contributed by atoms with Gasteiger partial charge in [-0.15, -0.1) is 0 Å². The molecule has 7 heteroatoms. The first-order chi connectivity index (χ1) is 14.4. The Balaban J connectivity index is 1.58. The first-order valence-electron chi connectivity index (χ1n) is 9.55. The number of fused-ring (bicyclic) bond motifs is 1. The van der Waals surface area contributed by atoms with Crippen molar-refractivity contribution < 1.29 is 9.53 Å². The van der Waals surface area contributed by atoms with Crippen molar-refractivity contribution in [1.29, 1.82) is 0 Å². The van der Waals surface area contributed by atoms with E-state index in [1.54, 1.807) is 25.6 Å². The maximum Gasteiger partial charge on any atom is 0.277 e. The topological polar surface area (TPSA) is 77.6 Å². The van der Waals surface area contributed by atoms with Crippen LogP contribution in [0.3, 0.4) is 0 Å². The second-order valence-electron chi connectivity index (χ2n) is 7.19. The Morgan fingerprint density at radius 1 is 1.07 bits per heavy atom. The van der Waals surface area contributed by atoms with E-state index in [1.807, 2.05) is 56.3 Å². The molecule has 0 spiro atoms. The number of amides is 1. The molecule has 1 N–H and O–H groups in total. The lowest BCUT2D eigenvalue weighted by Crippen LogP contribution is -2.28. The number of carbonyl (C=O) groups excluding carboxylic acids is 1. The van der Waals surface area contributed by atoms with Gasteiger partial charge in [-0.1, -0.05) is 17.7 Å². The van der Waals surface area contributed by atoms with E-state index in [1.165, 1.54) is 9.08 Å². The van der Waals surface area contributed by atoms with E-state index >= 15 is 0 Å². The summed E-state index contributed by atoms with van der Waals surface area (Å²) < 4.78 is 8.09. The van der Waals surface area contributed by atoms with Crippen LogP contribution in [0.1, 0.15) is 11.1 Å². The van der Waals surface area contributed by atoms with E-state index in [-0.39, 0.29) is 18.0 Å². The predicted octanol–water partition coefficient (Wildman–Crippen LogP) is 3.43. The number of carbonyl (C=O) groups is 1. The number of hydrogen-bond acceptors (Lipinski definition) is 4. The summed E-state index contributed by atoms with van der Waals surface area (Å²) in [6.07, 6.45) is 3.25. The molecule has 0 fully saturated rings. The van der Waals surface area contributed by atoms with E-state index in [9.17, 15) is 9.59 Å². The lowest BCUT2D eigenvalue weighted by Gasteiger charge is -2.10. The summed E-state index contributed by atoms with van der Waals surface area (Å²) in [6, 6.07) is 15.0. The maximum atomic E-state index is 12.9. The highest BCUT2D eigenvalue weighted by atomic mass is 16.5. The molecule has 0 saturated heterocycles. The third-order valence-corrected chi connectivity index (χ3v) is 4.96. The van der Waals surface area contributed by atoms with Crippen molar-refractivity contribution in [2.45, 2.75) is 20.4 Å². The number of hydrogen-bond donors (Lipinski definition) is 1. The summed E-state index contributed by atoms with van der Waals surface area (Å²) in [5.74, 6) is 0.489. The summed E-state index contributed by atoms with van der Waals surface area (Å²) in [7, 11) is 1.61. The quantitative estimate of drug-likeness (QED) is 0.555. The largest absolute Gasteiger partial charge is 0.497 e. The number of methoxy groups -OCH3 is 1. The van der Waals surface area contributed by atoms with Gasteiger partial charge in [0.15, 0.2) is 0 Å². The Labute approximate surface area is 173 Å². The molecule has 4 aromatic rings. The minimum Gasteiger partial charge on any atom is -0.497 e. The van der Waals surface area contributed by atoms with Crippen LogP contribution in [-0.2, 0) is 11.3 Å². The molecule has 7 nitrogen and oxygen atoms in total. The number of benzene rings is 2. The molecule has 0 radical (unpaired) electrons. The van der Waals surface area contributed by atoms with Crippen molar-refractivity contribution in [3.63, 3.8) is 0 Å². The van der Waals surface area contributed by atoms with E-state index in [0.29, 0.717) is 11.2 Å². The van der Waals surface area contributed by atoms with Gasteiger partial charge in [-0.05, 0) is 55.8 Å². The zero-order valence-corrected chi connectivity index (χ0v) is 17.0. The third-order valence-electron chi connectivity index (χ3n) is 4.96. The SMILES string of the molecule is COc1ccc(-c2cc3c(=O)n(CC(=O)Nc4ccc(C)cc4C)ccn3n2)cc1. The highest BCUT2D eigenvalue weighted by Gasteiger charge is 2.12. The number of ether oxygens (including phenoxy) is 1. The van der Waals surface area contributed by atoms with Gasteiger partial charge < -0.3 is 14.6 Å². The average molecular weight is 402 g/mol. The fourth-order valence-corrected chi connectivity index (χ4v) is 3.35. The van der Waals surface area contributed by atoms with Gasteiger partial charge in [0.1, 0.15) is 17.8 Å². The van der Waals surface area contributed by atoms with Gasteiger partial charge >= 0.3 is 0 Å². The van der Waals surface area contributed by atoms with Crippen LogP contribution in [0.4, 0.5) is 5.69 Å². The van der Waals surface area contributed by atoms with Crippen LogP contribution in [0, 0.1) is 13.8 Å². The molecule has 0 aliphatic rings. The van der Waals surface area contributed by atoms with Gasteiger partial charge in [0.2, 0.25) is 5.91 Å². The van der Waals surface area contributed by atoms with Gasteiger partial charge in [0.05, 0.1) is 12.8 Å². The van der Waals surface area contributed by atoms with Crippen molar-refractivity contribution in [2.24, 2.45) is 0 Å². The highest BCUT2D eigenvalue weighted by molar-refractivity contribution is 5.91. The van der Waals surface area contributed by atoms with E-state index in [4.69, 9.17) is 4.74 Å². The second-order valence-corrected chi connectivity index (χ2v) is 7.19. The van der Waals surface area contributed by atoms with Gasteiger partial charge in [0, 0.05) is 23.6 Å². The van der Waals surface area contributed by atoms with Crippen molar-refractivity contribution >= 4 is 17.1 Å². The van der Waals surface area contributed by atoms with Crippen molar-refractivity contribution in [1.82, 2.24) is 14.2 Å². The smallest absolute Gasteiger partial charge is 0.277 e. The molecule has 0 unspecified atom stereocenters. The van der Waals surface area contributed by atoms with E-state index in [2.05, 4.69) is 10.4 Å². The van der Waals surface area contributed by atoms with Gasteiger partial charge in [-0.2, -0.15) is 5.10 Å².